The van der Waals surface area contributed by atoms with Gasteiger partial charge in [0, 0.05) is 13.5 Å². The maximum absolute atomic E-state index is 14.4. The first-order valence-electron chi connectivity index (χ1n) is 14.3. The van der Waals surface area contributed by atoms with Crippen LogP contribution in [0.25, 0.3) is 0 Å². The van der Waals surface area contributed by atoms with Crippen molar-refractivity contribution in [1.82, 2.24) is 10.2 Å². The Kier molecular flexibility index (Phi) is 10.5. The van der Waals surface area contributed by atoms with Crippen LogP contribution in [0.2, 0.25) is 0 Å². The highest BCUT2D eigenvalue weighted by atomic mass is 19.1. The molecule has 2 bridgehead atoms. The summed E-state index contributed by atoms with van der Waals surface area (Å²) in [6, 6.07) is 12.0. The fourth-order valence-corrected chi connectivity index (χ4v) is 5.86. The first-order valence-corrected chi connectivity index (χ1v) is 14.3. The van der Waals surface area contributed by atoms with Gasteiger partial charge in [-0.25, -0.2) is 4.39 Å². The number of carbonyl (C=O) groups is 2. The van der Waals surface area contributed by atoms with E-state index < -0.39 is 17.4 Å². The highest BCUT2D eigenvalue weighted by molar-refractivity contribution is 5.95. The number of nitrogens with one attached hydrogen (secondary N) is 1. The van der Waals surface area contributed by atoms with Crippen molar-refractivity contribution < 1.29 is 15.4 Å². The van der Waals surface area contributed by atoms with Crippen LogP contribution in [-0.4, -0.2) is 42.4 Å². The Morgan fingerprint density at radius 3 is 2.18 bits per heavy atom. The number of amides is 2. The molecule has 2 aromatic carbocycles. The second-order valence-corrected chi connectivity index (χ2v) is 11.1. The van der Waals surface area contributed by atoms with E-state index in [9.17, 15) is 14.0 Å². The number of piperidine rings is 3. The minimum absolute atomic E-state index is 0. The van der Waals surface area contributed by atoms with Gasteiger partial charge in [-0.15, -0.1) is 0 Å². The average molecular weight is 526 g/mol. The van der Waals surface area contributed by atoms with Crippen LogP contribution in [0.15, 0.2) is 42.5 Å². The lowest BCUT2D eigenvalue weighted by Gasteiger charge is -2.43. The molecule has 2 unspecified atom stereocenters. The molecule has 5 nitrogen and oxygen atoms in total. The normalized spacial score (nSPS) is 23.2. The molecular weight excluding hydrogens is 477 g/mol. The van der Waals surface area contributed by atoms with Crippen molar-refractivity contribution in [3.63, 3.8) is 0 Å². The Balaban J connectivity index is 0.000000370. The van der Waals surface area contributed by atoms with Gasteiger partial charge in [-0.2, -0.15) is 0 Å². The van der Waals surface area contributed by atoms with E-state index in [0.29, 0.717) is 31.2 Å². The molecule has 2 amide bonds. The first-order chi connectivity index (χ1) is 18.2. The molecule has 4 aliphatic rings. The van der Waals surface area contributed by atoms with Crippen molar-refractivity contribution in [2.45, 2.75) is 84.6 Å². The van der Waals surface area contributed by atoms with Gasteiger partial charge in [0.1, 0.15) is 11.9 Å². The SMILES string of the molecule is CC.CC1CN2CCC1CC2.Cc1ccc(CCC(NC(=O)C2(c3c(C)cccc3F)CC2)C(N)=O)cc1.[HH]. The van der Waals surface area contributed by atoms with Gasteiger partial charge in [0.2, 0.25) is 11.8 Å². The van der Waals surface area contributed by atoms with Crippen LogP contribution in [-0.2, 0) is 21.4 Å². The van der Waals surface area contributed by atoms with E-state index >= 15 is 0 Å². The minimum Gasteiger partial charge on any atom is -0.368 e. The molecule has 3 aliphatic heterocycles. The summed E-state index contributed by atoms with van der Waals surface area (Å²) in [5.41, 5.74) is 8.05. The standard InChI is InChI=1S/C22H25FN2O2.C8H15N.C2H6.H2/c1-14-6-8-16(9-7-14)10-11-18(20(24)26)25-21(27)22(12-13-22)19-15(2)4-3-5-17(19)23;1-7-6-9-4-2-8(7)3-5-9;1-2;/h3-9,18H,10-13H2,1-2H3,(H2,24,26)(H,25,27);7-8H,2-6H2,1H3;1-2H3;1H. The molecule has 0 spiro atoms. The molecule has 0 radical (unpaired) electrons. The van der Waals surface area contributed by atoms with Gasteiger partial charge in [0.25, 0.3) is 0 Å². The maximum atomic E-state index is 14.4. The molecule has 6 heteroatoms. The van der Waals surface area contributed by atoms with E-state index in [2.05, 4.69) is 17.1 Å². The summed E-state index contributed by atoms with van der Waals surface area (Å²) >= 11 is 0. The molecule has 1 aliphatic carbocycles. The number of hydrogen-bond donors (Lipinski definition) is 2. The lowest BCUT2D eigenvalue weighted by atomic mass is 9.80. The molecule has 210 valence electrons. The average Bonchev–Trinajstić information content (AvgIpc) is 3.71. The Morgan fingerprint density at radius 1 is 1.11 bits per heavy atom. The fraction of sp³-hybridized carbons (Fsp3) is 0.562. The van der Waals surface area contributed by atoms with Gasteiger partial charge in [-0.3, -0.25) is 9.59 Å². The second-order valence-electron chi connectivity index (χ2n) is 11.1. The van der Waals surface area contributed by atoms with Crippen LogP contribution < -0.4 is 11.1 Å². The predicted molar refractivity (Wildman–Crippen MR) is 154 cm³/mol. The molecule has 2 atom stereocenters. The van der Waals surface area contributed by atoms with Crippen molar-refractivity contribution in [2.75, 3.05) is 19.6 Å². The summed E-state index contributed by atoms with van der Waals surface area (Å²) in [6.45, 7) is 14.4. The molecule has 38 heavy (non-hydrogen) atoms. The maximum Gasteiger partial charge on any atom is 0.240 e. The zero-order valence-corrected chi connectivity index (χ0v) is 23.9. The number of primary amides is 1. The van der Waals surface area contributed by atoms with Crippen LogP contribution in [0.1, 0.15) is 76.6 Å². The Morgan fingerprint density at radius 2 is 1.74 bits per heavy atom. The highest BCUT2D eigenvalue weighted by Gasteiger charge is 2.54. The number of fused-ring (bicyclic) bond motifs is 3. The second kappa shape index (κ2) is 13.4. The number of hydrogen-bond acceptors (Lipinski definition) is 3. The Bertz CT molecular complexity index is 1060. The predicted octanol–water partition coefficient (Wildman–Crippen LogP) is 5.70. The number of nitrogens with two attached hydrogens (primary N) is 1. The quantitative estimate of drug-likeness (QED) is 0.487. The van der Waals surface area contributed by atoms with E-state index in [1.165, 1.54) is 38.5 Å². The van der Waals surface area contributed by atoms with Gasteiger partial charge in [0.05, 0.1) is 5.41 Å². The van der Waals surface area contributed by atoms with Crippen molar-refractivity contribution in [2.24, 2.45) is 17.6 Å². The monoisotopic (exact) mass is 525 g/mol. The summed E-state index contributed by atoms with van der Waals surface area (Å²) in [4.78, 5) is 27.4. The Hall–Kier alpha value is -2.73. The number of aryl methyl sites for hydroxylation is 3. The van der Waals surface area contributed by atoms with Crippen molar-refractivity contribution in [3.8, 4) is 0 Å². The molecule has 2 aromatic rings. The van der Waals surface area contributed by atoms with E-state index in [1.54, 1.807) is 19.1 Å². The fourth-order valence-electron chi connectivity index (χ4n) is 5.86. The number of carbonyl (C=O) groups excluding carboxylic acids is 2. The van der Waals surface area contributed by atoms with Crippen LogP contribution in [0.3, 0.4) is 0 Å². The van der Waals surface area contributed by atoms with Crippen molar-refractivity contribution >= 4 is 11.8 Å². The summed E-state index contributed by atoms with van der Waals surface area (Å²) in [5.74, 6) is 0.806. The third-order valence-electron chi connectivity index (χ3n) is 8.36. The van der Waals surface area contributed by atoms with E-state index in [1.807, 2.05) is 45.0 Å². The lowest BCUT2D eigenvalue weighted by Crippen LogP contribution is -2.48. The molecule has 0 aromatic heterocycles. The first kappa shape index (κ1) is 29.8. The largest absolute Gasteiger partial charge is 0.368 e. The van der Waals surface area contributed by atoms with Crippen LogP contribution in [0.4, 0.5) is 4.39 Å². The molecule has 6 rings (SSSR count). The molecule has 3 N–H and O–H groups in total. The third-order valence-corrected chi connectivity index (χ3v) is 8.36. The zero-order chi connectivity index (χ0) is 27.9. The van der Waals surface area contributed by atoms with Crippen LogP contribution in [0, 0.1) is 31.5 Å². The van der Waals surface area contributed by atoms with Crippen molar-refractivity contribution in [3.05, 3.63) is 70.5 Å². The molecule has 4 fully saturated rings. The van der Waals surface area contributed by atoms with Gasteiger partial charge < -0.3 is 16.0 Å². The topological polar surface area (TPSA) is 75.4 Å². The van der Waals surface area contributed by atoms with Crippen molar-refractivity contribution in [1.29, 1.82) is 0 Å². The summed E-state index contributed by atoms with van der Waals surface area (Å²) in [6.07, 6.45) is 5.13. The third kappa shape index (κ3) is 7.22. The number of benzene rings is 2. The van der Waals surface area contributed by atoms with Crippen LogP contribution >= 0.6 is 0 Å². The molecular formula is C32H48FN3O2. The minimum atomic E-state index is -0.882. The summed E-state index contributed by atoms with van der Waals surface area (Å²) < 4.78 is 14.4. The van der Waals surface area contributed by atoms with Gasteiger partial charge in [0.15, 0.2) is 0 Å². The lowest BCUT2D eigenvalue weighted by molar-refractivity contribution is -0.129. The molecule has 3 saturated heterocycles. The number of nitrogens with zero attached hydrogens (tertiary/aromatic N) is 1. The molecule has 3 heterocycles. The summed E-state index contributed by atoms with van der Waals surface area (Å²) in [5, 5.41) is 2.77. The van der Waals surface area contributed by atoms with Gasteiger partial charge >= 0.3 is 0 Å². The van der Waals surface area contributed by atoms with Gasteiger partial charge in [-0.1, -0.05) is 62.7 Å². The Labute approximate surface area is 229 Å². The van der Waals surface area contributed by atoms with E-state index in [4.69, 9.17) is 5.73 Å². The van der Waals surface area contributed by atoms with Crippen LogP contribution in [0.5, 0.6) is 0 Å². The highest BCUT2D eigenvalue weighted by Crippen LogP contribution is 2.50. The summed E-state index contributed by atoms with van der Waals surface area (Å²) in [7, 11) is 0. The van der Waals surface area contributed by atoms with E-state index in [0.717, 1.165) is 28.5 Å². The number of halogens is 1. The zero-order valence-electron chi connectivity index (χ0n) is 23.9. The number of rotatable bonds is 7. The van der Waals surface area contributed by atoms with E-state index in [-0.39, 0.29) is 13.2 Å². The molecule has 1 saturated carbocycles. The smallest absolute Gasteiger partial charge is 0.240 e. The van der Waals surface area contributed by atoms with Gasteiger partial charge in [-0.05, 0) is 94.5 Å².